The first-order valence-electron chi connectivity index (χ1n) is 5.95. The van der Waals surface area contributed by atoms with Gasteiger partial charge >= 0.3 is 5.97 Å². The van der Waals surface area contributed by atoms with Crippen molar-refractivity contribution < 1.29 is 18.3 Å². The van der Waals surface area contributed by atoms with Crippen molar-refractivity contribution in [1.29, 1.82) is 0 Å². The fourth-order valence-electron chi connectivity index (χ4n) is 1.99. The molecule has 0 bridgehead atoms. The Morgan fingerprint density at radius 1 is 1.28 bits per heavy atom. The molecule has 0 radical (unpaired) electrons. The normalized spacial score (nSPS) is 17.4. The molecule has 98 valence electrons. The number of hydrogen-bond donors (Lipinski definition) is 1. The maximum absolute atomic E-state index is 11.6. The van der Waals surface area contributed by atoms with Gasteiger partial charge in [0.2, 0.25) is 0 Å². The fraction of sp³-hybridized carbons (Fsp3) is 0.462. The van der Waals surface area contributed by atoms with E-state index in [1.165, 1.54) is 0 Å². The van der Waals surface area contributed by atoms with Crippen molar-refractivity contribution in [2.75, 3.05) is 5.75 Å². The zero-order valence-corrected chi connectivity index (χ0v) is 11.0. The predicted octanol–water partition coefficient (Wildman–Crippen LogP) is 1.89. The molecular formula is C13H16O4S. The molecule has 0 atom stereocenters. The van der Waals surface area contributed by atoms with Gasteiger partial charge in [-0.25, -0.2) is 8.42 Å². The molecule has 1 saturated carbocycles. The van der Waals surface area contributed by atoms with Crippen LogP contribution in [0.2, 0.25) is 0 Å². The van der Waals surface area contributed by atoms with E-state index in [2.05, 4.69) is 0 Å². The van der Waals surface area contributed by atoms with Gasteiger partial charge in [-0.1, -0.05) is 19.1 Å². The van der Waals surface area contributed by atoms with Crippen molar-refractivity contribution in [3.8, 4) is 0 Å². The molecule has 1 aromatic carbocycles. The second-order valence-corrected chi connectivity index (χ2v) is 7.09. The van der Waals surface area contributed by atoms with Crippen molar-refractivity contribution >= 4 is 15.8 Å². The van der Waals surface area contributed by atoms with Crippen LogP contribution in [-0.2, 0) is 21.1 Å². The number of sulfone groups is 1. The molecule has 0 spiro atoms. The Balaban J connectivity index is 2.17. The molecule has 0 aromatic heterocycles. The standard InChI is InChI=1S/C13H16O4S/c1-2-18(16,17)11-5-3-10(4-6-11)9-13(7-8-13)12(14)15/h3-6H,2,7-9H2,1H3,(H,14,15). The zero-order chi connectivity index (χ0) is 13.4. The van der Waals surface area contributed by atoms with E-state index >= 15 is 0 Å². The van der Waals surface area contributed by atoms with Crippen LogP contribution >= 0.6 is 0 Å². The van der Waals surface area contributed by atoms with Crippen molar-refractivity contribution in [3.63, 3.8) is 0 Å². The number of carboxylic acid groups (broad SMARTS) is 1. The first kappa shape index (κ1) is 13.1. The number of carbonyl (C=O) groups is 1. The molecule has 0 saturated heterocycles. The molecule has 1 aliphatic rings. The lowest BCUT2D eigenvalue weighted by Crippen LogP contribution is -2.17. The Labute approximate surface area is 107 Å². The maximum Gasteiger partial charge on any atom is 0.309 e. The van der Waals surface area contributed by atoms with Crippen molar-refractivity contribution in [1.82, 2.24) is 0 Å². The third-order valence-corrected chi connectivity index (χ3v) is 5.26. The summed E-state index contributed by atoms with van der Waals surface area (Å²) in [6.07, 6.45) is 1.89. The molecule has 4 nitrogen and oxygen atoms in total. The van der Waals surface area contributed by atoms with Crippen molar-refractivity contribution in [2.24, 2.45) is 5.41 Å². The zero-order valence-electron chi connectivity index (χ0n) is 10.2. The van der Waals surface area contributed by atoms with Crippen molar-refractivity contribution in [2.45, 2.75) is 31.1 Å². The van der Waals surface area contributed by atoms with Gasteiger partial charge in [0.25, 0.3) is 0 Å². The van der Waals surface area contributed by atoms with E-state index in [0.29, 0.717) is 24.2 Å². The monoisotopic (exact) mass is 268 g/mol. The highest BCUT2D eigenvalue weighted by atomic mass is 32.2. The van der Waals surface area contributed by atoms with E-state index in [1.807, 2.05) is 0 Å². The molecule has 0 heterocycles. The van der Waals surface area contributed by atoms with Crippen molar-refractivity contribution in [3.05, 3.63) is 29.8 Å². The molecule has 0 unspecified atom stereocenters. The van der Waals surface area contributed by atoms with Crippen LogP contribution in [-0.4, -0.2) is 25.2 Å². The highest BCUT2D eigenvalue weighted by Gasteiger charge is 2.49. The lowest BCUT2D eigenvalue weighted by Gasteiger charge is -2.10. The number of benzene rings is 1. The predicted molar refractivity (Wildman–Crippen MR) is 67.2 cm³/mol. The Morgan fingerprint density at radius 2 is 1.83 bits per heavy atom. The Bertz CT molecular complexity index is 553. The van der Waals surface area contributed by atoms with E-state index < -0.39 is 21.2 Å². The first-order chi connectivity index (χ1) is 8.39. The lowest BCUT2D eigenvalue weighted by atomic mass is 9.97. The van der Waals surface area contributed by atoms with Crippen LogP contribution in [0.3, 0.4) is 0 Å². The van der Waals surface area contributed by atoms with Gasteiger partial charge in [-0.3, -0.25) is 4.79 Å². The highest BCUT2D eigenvalue weighted by molar-refractivity contribution is 7.91. The number of aliphatic carboxylic acids is 1. The minimum absolute atomic E-state index is 0.0748. The van der Waals surface area contributed by atoms with Gasteiger partial charge in [-0.05, 0) is 37.0 Å². The van der Waals surface area contributed by atoms with E-state index in [9.17, 15) is 13.2 Å². The molecule has 2 rings (SSSR count). The Hall–Kier alpha value is -1.36. The molecule has 0 aliphatic heterocycles. The minimum atomic E-state index is -3.18. The highest BCUT2D eigenvalue weighted by Crippen LogP contribution is 2.48. The third-order valence-electron chi connectivity index (χ3n) is 3.51. The average Bonchev–Trinajstić information content (AvgIpc) is 3.11. The molecule has 1 aliphatic carbocycles. The summed E-state index contributed by atoms with van der Waals surface area (Å²) in [5.74, 6) is -0.682. The molecule has 5 heteroatoms. The van der Waals surface area contributed by atoms with Gasteiger partial charge < -0.3 is 5.11 Å². The molecule has 18 heavy (non-hydrogen) atoms. The Morgan fingerprint density at radius 3 is 2.22 bits per heavy atom. The summed E-state index contributed by atoms with van der Waals surface area (Å²) >= 11 is 0. The summed E-state index contributed by atoms with van der Waals surface area (Å²) < 4.78 is 23.2. The quantitative estimate of drug-likeness (QED) is 0.885. The molecular weight excluding hydrogens is 252 g/mol. The van der Waals surface area contributed by atoms with Crippen LogP contribution in [0, 0.1) is 5.41 Å². The fourth-order valence-corrected chi connectivity index (χ4v) is 2.87. The summed E-state index contributed by atoms with van der Waals surface area (Å²) in [6.45, 7) is 1.60. The Kier molecular flexibility index (Phi) is 3.19. The average molecular weight is 268 g/mol. The van der Waals surface area contributed by atoms with Gasteiger partial charge in [-0.2, -0.15) is 0 Å². The van der Waals surface area contributed by atoms with Crippen LogP contribution in [0.5, 0.6) is 0 Å². The SMILES string of the molecule is CCS(=O)(=O)c1ccc(CC2(C(=O)O)CC2)cc1. The van der Waals surface area contributed by atoms with Gasteiger partial charge in [0, 0.05) is 0 Å². The van der Waals surface area contributed by atoms with Crippen LogP contribution in [0.4, 0.5) is 0 Å². The summed E-state index contributed by atoms with van der Waals surface area (Å²) in [6, 6.07) is 6.55. The van der Waals surface area contributed by atoms with E-state index in [0.717, 1.165) is 5.56 Å². The first-order valence-corrected chi connectivity index (χ1v) is 7.60. The minimum Gasteiger partial charge on any atom is -0.481 e. The van der Waals surface area contributed by atoms with E-state index in [-0.39, 0.29) is 5.75 Å². The van der Waals surface area contributed by atoms with E-state index in [1.54, 1.807) is 31.2 Å². The molecule has 1 aromatic rings. The second kappa shape index (κ2) is 4.39. The van der Waals surface area contributed by atoms with Crippen LogP contribution in [0.25, 0.3) is 0 Å². The van der Waals surface area contributed by atoms with E-state index in [4.69, 9.17) is 5.11 Å². The summed E-state index contributed by atoms with van der Waals surface area (Å²) in [4.78, 5) is 11.4. The van der Waals surface area contributed by atoms with Crippen LogP contribution in [0.15, 0.2) is 29.2 Å². The lowest BCUT2D eigenvalue weighted by molar-refractivity contribution is -0.143. The summed E-state index contributed by atoms with van der Waals surface area (Å²) in [5.41, 5.74) is 0.274. The topological polar surface area (TPSA) is 71.4 Å². The van der Waals surface area contributed by atoms with Gasteiger partial charge in [-0.15, -0.1) is 0 Å². The number of hydrogen-bond acceptors (Lipinski definition) is 3. The van der Waals surface area contributed by atoms with Crippen LogP contribution < -0.4 is 0 Å². The van der Waals surface area contributed by atoms with Gasteiger partial charge in [0.15, 0.2) is 9.84 Å². The van der Waals surface area contributed by atoms with Crippen LogP contribution in [0.1, 0.15) is 25.3 Å². The van der Waals surface area contributed by atoms with Gasteiger partial charge in [0.05, 0.1) is 16.1 Å². The molecule has 1 N–H and O–H groups in total. The largest absolute Gasteiger partial charge is 0.481 e. The van der Waals surface area contributed by atoms with Gasteiger partial charge in [0.1, 0.15) is 0 Å². The molecule has 1 fully saturated rings. The smallest absolute Gasteiger partial charge is 0.309 e. The summed E-state index contributed by atoms with van der Waals surface area (Å²) in [7, 11) is -3.18. The maximum atomic E-state index is 11.6. The number of carboxylic acids is 1. The third kappa shape index (κ3) is 2.41. The summed E-state index contributed by atoms with van der Waals surface area (Å²) in [5, 5.41) is 9.09. The molecule has 0 amide bonds. The second-order valence-electron chi connectivity index (χ2n) is 4.81. The number of rotatable bonds is 5.